The van der Waals surface area contributed by atoms with Crippen LogP contribution in [0, 0.1) is 13.8 Å². The third-order valence-corrected chi connectivity index (χ3v) is 7.34. The molecule has 3 aromatic carbocycles. The number of benzene rings is 3. The van der Waals surface area contributed by atoms with E-state index < -0.39 is 0 Å². The van der Waals surface area contributed by atoms with E-state index in [1.807, 2.05) is 24.7 Å². The number of aromatic nitrogens is 2. The van der Waals surface area contributed by atoms with Gasteiger partial charge in [-0.3, -0.25) is 4.68 Å². The van der Waals surface area contributed by atoms with Crippen molar-refractivity contribution in [3.63, 3.8) is 0 Å². The van der Waals surface area contributed by atoms with Crippen molar-refractivity contribution in [3.05, 3.63) is 83.6 Å². The first-order valence-electron chi connectivity index (χ1n) is 11.9. The standard InChI is InChI=1S/C29H30N4O/c1-18-15-16-25-27(21-11-7-10-14-24(21)34-25)28(18)29(4,5)33-20(3)32(22-12-8-9-13-23(22)33)26-17-19(2)30-31(26)6/h7-17,20H,1-6H3/t20-/m1/s1. The van der Waals surface area contributed by atoms with E-state index in [4.69, 9.17) is 4.42 Å². The van der Waals surface area contributed by atoms with E-state index in [0.29, 0.717) is 0 Å². The van der Waals surface area contributed by atoms with Gasteiger partial charge in [-0.05, 0) is 70.0 Å². The third kappa shape index (κ3) is 2.76. The van der Waals surface area contributed by atoms with E-state index in [2.05, 4.69) is 103 Å². The summed E-state index contributed by atoms with van der Waals surface area (Å²) in [5, 5.41) is 7.01. The molecule has 0 radical (unpaired) electrons. The van der Waals surface area contributed by atoms with Gasteiger partial charge >= 0.3 is 0 Å². The highest BCUT2D eigenvalue weighted by Gasteiger charge is 2.44. The van der Waals surface area contributed by atoms with Crippen LogP contribution in [0.2, 0.25) is 0 Å². The van der Waals surface area contributed by atoms with Crippen molar-refractivity contribution in [1.82, 2.24) is 9.78 Å². The number of rotatable bonds is 3. The monoisotopic (exact) mass is 450 g/mol. The molecule has 2 aromatic heterocycles. The number of hydrogen-bond acceptors (Lipinski definition) is 4. The highest BCUT2D eigenvalue weighted by Crippen LogP contribution is 2.51. The Morgan fingerprint density at radius 2 is 1.59 bits per heavy atom. The zero-order valence-corrected chi connectivity index (χ0v) is 20.6. The Hall–Kier alpha value is -3.73. The summed E-state index contributed by atoms with van der Waals surface area (Å²) in [5.74, 6) is 1.10. The summed E-state index contributed by atoms with van der Waals surface area (Å²) < 4.78 is 8.25. The molecular weight excluding hydrogens is 420 g/mol. The fourth-order valence-corrected chi connectivity index (χ4v) is 6.12. The number of furan rings is 1. The van der Waals surface area contributed by atoms with Crippen molar-refractivity contribution in [2.24, 2.45) is 7.05 Å². The molecule has 0 bridgehead atoms. The molecule has 3 heterocycles. The zero-order valence-electron chi connectivity index (χ0n) is 20.6. The lowest BCUT2D eigenvalue weighted by Crippen LogP contribution is -2.49. The number of hydrogen-bond donors (Lipinski definition) is 0. The van der Waals surface area contributed by atoms with Gasteiger partial charge in [-0.15, -0.1) is 0 Å². The van der Waals surface area contributed by atoms with Gasteiger partial charge in [0.1, 0.15) is 23.1 Å². The predicted octanol–water partition coefficient (Wildman–Crippen LogP) is 7.18. The molecule has 172 valence electrons. The Kier molecular flexibility index (Phi) is 4.37. The summed E-state index contributed by atoms with van der Waals surface area (Å²) in [6.45, 7) is 11.2. The van der Waals surface area contributed by atoms with Crippen molar-refractivity contribution >= 4 is 39.1 Å². The lowest BCUT2D eigenvalue weighted by molar-refractivity contribution is 0.447. The molecule has 34 heavy (non-hydrogen) atoms. The quantitative estimate of drug-likeness (QED) is 0.292. The van der Waals surface area contributed by atoms with Crippen LogP contribution in [0.5, 0.6) is 0 Å². The van der Waals surface area contributed by atoms with Gasteiger partial charge in [-0.2, -0.15) is 5.10 Å². The molecule has 0 amide bonds. The van der Waals surface area contributed by atoms with Crippen LogP contribution < -0.4 is 9.80 Å². The van der Waals surface area contributed by atoms with E-state index in [-0.39, 0.29) is 11.7 Å². The second kappa shape index (κ2) is 7.13. The minimum absolute atomic E-state index is 0.0926. The maximum atomic E-state index is 6.27. The molecule has 0 saturated heterocycles. The highest BCUT2D eigenvalue weighted by molar-refractivity contribution is 6.08. The van der Waals surface area contributed by atoms with Gasteiger partial charge in [-0.1, -0.05) is 36.4 Å². The van der Waals surface area contributed by atoms with Gasteiger partial charge in [0.15, 0.2) is 0 Å². The average molecular weight is 451 g/mol. The molecule has 0 spiro atoms. The van der Waals surface area contributed by atoms with Crippen molar-refractivity contribution in [2.45, 2.75) is 46.3 Å². The number of para-hydroxylation sites is 3. The molecular formula is C29H30N4O. The van der Waals surface area contributed by atoms with Gasteiger partial charge in [-0.25, -0.2) is 0 Å². The molecule has 0 N–H and O–H groups in total. The van der Waals surface area contributed by atoms with Crippen LogP contribution in [-0.4, -0.2) is 15.9 Å². The molecule has 0 fully saturated rings. The topological polar surface area (TPSA) is 37.4 Å². The first-order valence-corrected chi connectivity index (χ1v) is 11.9. The Morgan fingerprint density at radius 3 is 2.32 bits per heavy atom. The number of anilines is 3. The van der Waals surface area contributed by atoms with Gasteiger partial charge in [0, 0.05) is 23.9 Å². The van der Waals surface area contributed by atoms with Gasteiger partial charge < -0.3 is 14.2 Å². The van der Waals surface area contributed by atoms with Crippen molar-refractivity contribution < 1.29 is 4.42 Å². The number of fused-ring (bicyclic) bond motifs is 4. The van der Waals surface area contributed by atoms with E-state index in [1.165, 1.54) is 33.3 Å². The molecule has 0 unspecified atom stereocenters. The molecule has 1 aliphatic rings. The van der Waals surface area contributed by atoms with Crippen molar-refractivity contribution in [3.8, 4) is 0 Å². The Morgan fingerprint density at radius 1 is 0.882 bits per heavy atom. The summed E-state index contributed by atoms with van der Waals surface area (Å²) in [7, 11) is 2.02. The molecule has 5 nitrogen and oxygen atoms in total. The maximum absolute atomic E-state index is 6.27. The molecule has 1 atom stereocenters. The lowest BCUT2D eigenvalue weighted by atomic mass is 9.84. The van der Waals surface area contributed by atoms with Crippen LogP contribution in [0.15, 0.2) is 71.1 Å². The average Bonchev–Trinajstić information content (AvgIpc) is 3.43. The zero-order chi connectivity index (χ0) is 23.8. The van der Waals surface area contributed by atoms with Crippen LogP contribution >= 0.6 is 0 Å². The van der Waals surface area contributed by atoms with E-state index in [1.54, 1.807) is 0 Å². The molecule has 0 saturated carbocycles. The predicted molar refractivity (Wildman–Crippen MR) is 140 cm³/mol. The molecule has 0 aliphatic carbocycles. The smallest absolute Gasteiger partial charge is 0.135 e. The second-order valence-electron chi connectivity index (χ2n) is 9.92. The fourth-order valence-electron chi connectivity index (χ4n) is 6.12. The Labute approximate surface area is 200 Å². The largest absolute Gasteiger partial charge is 0.456 e. The molecule has 1 aliphatic heterocycles. The Balaban J connectivity index is 1.60. The van der Waals surface area contributed by atoms with E-state index in [9.17, 15) is 0 Å². The van der Waals surface area contributed by atoms with E-state index >= 15 is 0 Å². The fraction of sp³-hybridized carbons (Fsp3) is 0.276. The molecule has 5 aromatic rings. The van der Waals surface area contributed by atoms with Gasteiger partial charge in [0.25, 0.3) is 0 Å². The van der Waals surface area contributed by atoms with E-state index in [0.717, 1.165) is 22.7 Å². The lowest BCUT2D eigenvalue weighted by Gasteiger charge is -2.43. The SMILES string of the molecule is Cc1cc(N2c3ccccc3N(C(C)(C)c3c(C)ccc4oc5ccccc5c34)[C@@H]2C)n(C)n1. The normalized spacial score (nSPS) is 16.1. The summed E-state index contributed by atoms with van der Waals surface area (Å²) in [5.41, 5.74) is 7.58. The second-order valence-corrected chi connectivity index (χ2v) is 9.92. The van der Waals surface area contributed by atoms with Crippen LogP contribution in [0.3, 0.4) is 0 Å². The Bertz CT molecular complexity index is 1560. The number of aryl methyl sites for hydroxylation is 3. The minimum atomic E-state index is -0.311. The van der Waals surface area contributed by atoms with Gasteiger partial charge in [0.2, 0.25) is 0 Å². The molecule has 6 rings (SSSR count). The van der Waals surface area contributed by atoms with Crippen molar-refractivity contribution in [1.29, 1.82) is 0 Å². The summed E-state index contributed by atoms with van der Waals surface area (Å²) >= 11 is 0. The van der Waals surface area contributed by atoms with Gasteiger partial charge in [0.05, 0.1) is 22.6 Å². The number of nitrogens with zero attached hydrogens (tertiary/aromatic N) is 4. The minimum Gasteiger partial charge on any atom is -0.456 e. The van der Waals surface area contributed by atoms with Crippen LogP contribution in [0.4, 0.5) is 17.2 Å². The highest BCUT2D eigenvalue weighted by atomic mass is 16.3. The van der Waals surface area contributed by atoms with Crippen LogP contribution in [-0.2, 0) is 12.6 Å². The third-order valence-electron chi connectivity index (χ3n) is 7.34. The van der Waals surface area contributed by atoms with Crippen LogP contribution in [0.25, 0.3) is 21.9 Å². The van der Waals surface area contributed by atoms with Crippen molar-refractivity contribution in [2.75, 3.05) is 9.80 Å². The molecule has 5 heteroatoms. The first kappa shape index (κ1) is 20.8. The first-order chi connectivity index (χ1) is 16.3. The van der Waals surface area contributed by atoms with Crippen LogP contribution in [0.1, 0.15) is 37.6 Å². The summed E-state index contributed by atoms with van der Waals surface area (Å²) in [4.78, 5) is 4.95. The summed E-state index contributed by atoms with van der Waals surface area (Å²) in [6, 6.07) is 23.5. The summed E-state index contributed by atoms with van der Waals surface area (Å²) in [6.07, 6.45) is 0.0926. The maximum Gasteiger partial charge on any atom is 0.135 e.